The van der Waals surface area contributed by atoms with Crippen LogP contribution < -0.4 is 10.2 Å². The first-order chi connectivity index (χ1) is 12.3. The first-order valence-electron chi connectivity index (χ1n) is 9.28. The van der Waals surface area contributed by atoms with E-state index in [1.807, 2.05) is 64.1 Å². The zero-order valence-electron chi connectivity index (χ0n) is 16.1. The van der Waals surface area contributed by atoms with Gasteiger partial charge in [0, 0.05) is 18.8 Å². The molecule has 4 nitrogen and oxygen atoms in total. The van der Waals surface area contributed by atoms with E-state index in [1.165, 1.54) is 12.8 Å². The van der Waals surface area contributed by atoms with Gasteiger partial charge in [0.1, 0.15) is 5.60 Å². The van der Waals surface area contributed by atoms with Gasteiger partial charge in [-0.2, -0.15) is 0 Å². The summed E-state index contributed by atoms with van der Waals surface area (Å²) in [5.74, 6) is -0.279. The monoisotopic (exact) mass is 352 g/mol. The molecule has 0 unspecified atom stereocenters. The molecule has 1 fully saturated rings. The van der Waals surface area contributed by atoms with E-state index in [-0.39, 0.29) is 5.97 Å². The number of benzene rings is 2. The van der Waals surface area contributed by atoms with E-state index >= 15 is 0 Å². The molecule has 0 radical (unpaired) electrons. The second kappa shape index (κ2) is 7.40. The van der Waals surface area contributed by atoms with Crippen LogP contribution in [0.2, 0.25) is 0 Å². The molecule has 0 bridgehead atoms. The van der Waals surface area contributed by atoms with Gasteiger partial charge in [-0.1, -0.05) is 18.2 Å². The number of esters is 1. The Labute approximate surface area is 156 Å². The number of para-hydroxylation sites is 1. The minimum atomic E-state index is -0.510. The van der Waals surface area contributed by atoms with Crippen LogP contribution in [0.4, 0.5) is 17.1 Å². The molecule has 1 heterocycles. The first kappa shape index (κ1) is 18.3. The zero-order chi connectivity index (χ0) is 18.7. The van der Waals surface area contributed by atoms with E-state index in [9.17, 15) is 4.79 Å². The van der Waals surface area contributed by atoms with Gasteiger partial charge in [0.15, 0.2) is 0 Å². The van der Waals surface area contributed by atoms with Crippen LogP contribution in [0.5, 0.6) is 0 Å². The Bertz CT molecular complexity index is 773. The molecule has 4 heteroatoms. The van der Waals surface area contributed by atoms with E-state index in [0.717, 1.165) is 35.7 Å². The molecule has 0 spiro atoms. The molecule has 0 aliphatic carbocycles. The molecular weight excluding hydrogens is 324 g/mol. The topological polar surface area (TPSA) is 41.6 Å². The quantitative estimate of drug-likeness (QED) is 0.759. The lowest BCUT2D eigenvalue weighted by atomic mass is 10.0. The van der Waals surface area contributed by atoms with E-state index in [0.29, 0.717) is 5.56 Å². The summed E-state index contributed by atoms with van der Waals surface area (Å²) in [6, 6.07) is 14.1. The third-order valence-electron chi connectivity index (χ3n) is 4.46. The summed E-state index contributed by atoms with van der Waals surface area (Å²) in [4.78, 5) is 15.0. The summed E-state index contributed by atoms with van der Waals surface area (Å²) in [5.41, 5.74) is 4.15. The number of hydrogen-bond donors (Lipinski definition) is 1. The molecule has 0 saturated carbocycles. The van der Waals surface area contributed by atoms with Gasteiger partial charge in [-0.3, -0.25) is 0 Å². The highest BCUT2D eigenvalue weighted by molar-refractivity contribution is 5.95. The van der Waals surface area contributed by atoms with Crippen molar-refractivity contribution >= 4 is 23.0 Å². The molecule has 1 N–H and O–H groups in total. The highest BCUT2D eigenvalue weighted by Crippen LogP contribution is 2.34. The molecule has 138 valence electrons. The van der Waals surface area contributed by atoms with Gasteiger partial charge in [-0.25, -0.2) is 4.79 Å². The predicted octanol–water partition coefficient (Wildman–Crippen LogP) is 5.29. The van der Waals surface area contributed by atoms with Crippen LogP contribution in [0.3, 0.4) is 0 Å². The molecular formula is C22H28N2O2. The van der Waals surface area contributed by atoms with Crippen molar-refractivity contribution in [2.24, 2.45) is 0 Å². The number of rotatable bonds is 4. The van der Waals surface area contributed by atoms with Crippen LogP contribution in [0.25, 0.3) is 0 Å². The smallest absolute Gasteiger partial charge is 0.338 e. The summed E-state index contributed by atoms with van der Waals surface area (Å²) < 4.78 is 5.59. The average molecular weight is 352 g/mol. The lowest BCUT2D eigenvalue weighted by Gasteiger charge is -2.25. The minimum Gasteiger partial charge on any atom is -0.456 e. The maximum absolute atomic E-state index is 12.7. The van der Waals surface area contributed by atoms with E-state index in [1.54, 1.807) is 0 Å². The molecule has 2 aromatic carbocycles. The second-order valence-corrected chi connectivity index (χ2v) is 7.87. The number of carbonyl (C=O) groups is 1. The summed E-state index contributed by atoms with van der Waals surface area (Å²) in [7, 11) is 0. The lowest BCUT2D eigenvalue weighted by molar-refractivity contribution is 0.00688. The van der Waals surface area contributed by atoms with Gasteiger partial charge in [-0.15, -0.1) is 0 Å². The third-order valence-corrected chi connectivity index (χ3v) is 4.46. The van der Waals surface area contributed by atoms with E-state index < -0.39 is 5.60 Å². The Morgan fingerprint density at radius 2 is 1.73 bits per heavy atom. The maximum atomic E-state index is 12.7. The summed E-state index contributed by atoms with van der Waals surface area (Å²) in [6.45, 7) is 9.75. The first-order valence-corrected chi connectivity index (χ1v) is 9.28. The van der Waals surface area contributed by atoms with Crippen molar-refractivity contribution in [2.45, 2.75) is 46.1 Å². The number of ether oxygens (including phenoxy) is 1. The van der Waals surface area contributed by atoms with Crippen LogP contribution in [0.1, 0.15) is 49.5 Å². The van der Waals surface area contributed by atoms with Crippen molar-refractivity contribution in [3.8, 4) is 0 Å². The Morgan fingerprint density at radius 1 is 1.08 bits per heavy atom. The summed E-state index contributed by atoms with van der Waals surface area (Å²) in [5, 5.41) is 3.49. The third kappa shape index (κ3) is 4.37. The Kier molecular flexibility index (Phi) is 5.21. The number of carbonyl (C=O) groups excluding carboxylic acids is 1. The van der Waals surface area contributed by atoms with Crippen molar-refractivity contribution in [3.05, 3.63) is 53.6 Å². The molecule has 0 amide bonds. The van der Waals surface area contributed by atoms with Gasteiger partial charge < -0.3 is 15.0 Å². The number of nitrogens with one attached hydrogen (secondary N) is 1. The van der Waals surface area contributed by atoms with Gasteiger partial charge in [0.25, 0.3) is 0 Å². The Morgan fingerprint density at radius 3 is 2.35 bits per heavy atom. The highest BCUT2D eigenvalue weighted by atomic mass is 16.6. The van der Waals surface area contributed by atoms with Gasteiger partial charge in [0.2, 0.25) is 0 Å². The fourth-order valence-electron chi connectivity index (χ4n) is 3.24. The molecule has 1 aliphatic heterocycles. The zero-order valence-corrected chi connectivity index (χ0v) is 16.1. The van der Waals surface area contributed by atoms with Crippen LogP contribution in [-0.4, -0.2) is 24.7 Å². The minimum absolute atomic E-state index is 0.279. The Hall–Kier alpha value is -2.49. The normalized spacial score (nSPS) is 14.4. The van der Waals surface area contributed by atoms with Crippen molar-refractivity contribution in [2.75, 3.05) is 23.3 Å². The molecule has 26 heavy (non-hydrogen) atoms. The van der Waals surface area contributed by atoms with E-state index in [2.05, 4.69) is 16.3 Å². The number of anilines is 3. The van der Waals surface area contributed by atoms with Crippen molar-refractivity contribution < 1.29 is 9.53 Å². The van der Waals surface area contributed by atoms with Crippen LogP contribution in [-0.2, 0) is 4.74 Å². The summed E-state index contributed by atoms with van der Waals surface area (Å²) >= 11 is 0. The molecule has 0 aromatic heterocycles. The number of aryl methyl sites for hydroxylation is 1. The van der Waals surface area contributed by atoms with Crippen LogP contribution in [0.15, 0.2) is 42.5 Å². The van der Waals surface area contributed by atoms with Crippen LogP contribution >= 0.6 is 0 Å². The van der Waals surface area contributed by atoms with Gasteiger partial charge >= 0.3 is 5.97 Å². The standard InChI is InChI=1S/C22H28N2O2/c1-16-14-20(24-12-8-9-13-24)19(23-17-10-6-5-7-11-17)15-18(16)21(25)26-22(2,3)4/h5-7,10-11,14-15,23H,8-9,12-13H2,1-4H3. The van der Waals surface area contributed by atoms with Crippen LogP contribution in [0, 0.1) is 6.92 Å². The van der Waals surface area contributed by atoms with Crippen molar-refractivity contribution in [3.63, 3.8) is 0 Å². The largest absolute Gasteiger partial charge is 0.456 e. The molecule has 1 aliphatic rings. The van der Waals surface area contributed by atoms with Gasteiger partial charge in [0.05, 0.1) is 16.9 Å². The molecule has 0 atom stereocenters. The van der Waals surface area contributed by atoms with Crippen molar-refractivity contribution in [1.29, 1.82) is 0 Å². The van der Waals surface area contributed by atoms with Gasteiger partial charge in [-0.05, 0) is 70.4 Å². The average Bonchev–Trinajstić information content (AvgIpc) is 3.09. The maximum Gasteiger partial charge on any atom is 0.338 e. The molecule has 2 aromatic rings. The summed E-state index contributed by atoms with van der Waals surface area (Å²) in [6.07, 6.45) is 2.41. The second-order valence-electron chi connectivity index (χ2n) is 7.87. The fraction of sp³-hybridized carbons (Fsp3) is 0.409. The number of hydrogen-bond acceptors (Lipinski definition) is 4. The molecule has 3 rings (SSSR count). The lowest BCUT2D eigenvalue weighted by Crippen LogP contribution is -2.25. The SMILES string of the molecule is Cc1cc(N2CCCC2)c(Nc2ccccc2)cc1C(=O)OC(C)(C)C. The van der Waals surface area contributed by atoms with E-state index in [4.69, 9.17) is 4.74 Å². The molecule has 1 saturated heterocycles. The van der Waals surface area contributed by atoms with Crippen molar-refractivity contribution in [1.82, 2.24) is 0 Å². The Balaban J connectivity index is 1.99. The fourth-order valence-corrected chi connectivity index (χ4v) is 3.24. The highest BCUT2D eigenvalue weighted by Gasteiger charge is 2.23. The predicted molar refractivity (Wildman–Crippen MR) is 108 cm³/mol. The number of nitrogens with zero attached hydrogens (tertiary/aromatic N) is 1.